The molecule has 3 fully saturated rings. The van der Waals surface area contributed by atoms with E-state index < -0.39 is 10.3 Å². The quantitative estimate of drug-likeness (QED) is 0.845. The fourth-order valence-corrected chi connectivity index (χ4v) is 7.33. The van der Waals surface area contributed by atoms with E-state index in [1.165, 1.54) is 17.5 Å². The van der Waals surface area contributed by atoms with Crippen LogP contribution in [0.25, 0.3) is 0 Å². The number of aliphatic hydroxyl groups excluding tert-OH is 1. The van der Waals surface area contributed by atoms with Crippen molar-refractivity contribution in [1.82, 2.24) is 0 Å². The predicted molar refractivity (Wildman–Crippen MR) is 93.2 cm³/mol. The van der Waals surface area contributed by atoms with E-state index in [0.717, 1.165) is 32.1 Å². The number of nitrogens with two attached hydrogens (primary N) is 1. The van der Waals surface area contributed by atoms with Crippen LogP contribution >= 0.6 is 0 Å². The van der Waals surface area contributed by atoms with Crippen LogP contribution in [0.1, 0.15) is 56.1 Å². The highest BCUT2D eigenvalue weighted by molar-refractivity contribution is 7.84. The molecule has 136 valence electrons. The Morgan fingerprint density at radius 3 is 2.88 bits per heavy atom. The van der Waals surface area contributed by atoms with Crippen molar-refractivity contribution >= 4 is 10.3 Å². The second kappa shape index (κ2) is 4.78. The monoisotopic (exact) mass is 363 g/mol. The first kappa shape index (κ1) is 16.1. The van der Waals surface area contributed by atoms with Crippen LogP contribution in [0, 0.1) is 22.7 Å². The van der Waals surface area contributed by atoms with Gasteiger partial charge in [0.25, 0.3) is 0 Å². The van der Waals surface area contributed by atoms with Gasteiger partial charge in [0.05, 0.1) is 6.10 Å². The average molecular weight is 363 g/mol. The van der Waals surface area contributed by atoms with Crippen molar-refractivity contribution < 1.29 is 17.7 Å². The van der Waals surface area contributed by atoms with E-state index >= 15 is 0 Å². The summed E-state index contributed by atoms with van der Waals surface area (Å²) in [7, 11) is -3.98. The van der Waals surface area contributed by atoms with Gasteiger partial charge in [0.1, 0.15) is 5.75 Å². The molecule has 1 aromatic rings. The minimum absolute atomic E-state index is 0.0903. The van der Waals surface area contributed by atoms with Crippen molar-refractivity contribution in [3.05, 3.63) is 29.3 Å². The largest absolute Gasteiger partial charge is 0.393 e. The first-order valence-corrected chi connectivity index (χ1v) is 10.7. The molecule has 0 radical (unpaired) electrons. The van der Waals surface area contributed by atoms with E-state index in [4.69, 9.17) is 9.32 Å². The molecule has 0 aliphatic heterocycles. The van der Waals surface area contributed by atoms with Gasteiger partial charge in [-0.3, -0.25) is 0 Å². The third-order valence-corrected chi connectivity index (χ3v) is 8.46. The van der Waals surface area contributed by atoms with E-state index in [0.29, 0.717) is 28.9 Å². The predicted octanol–water partition coefficient (Wildman–Crippen LogP) is 2.49. The zero-order valence-corrected chi connectivity index (χ0v) is 15.3. The van der Waals surface area contributed by atoms with Crippen LogP contribution in [0.2, 0.25) is 0 Å². The van der Waals surface area contributed by atoms with Crippen molar-refractivity contribution in [3.63, 3.8) is 0 Å². The van der Waals surface area contributed by atoms with Crippen molar-refractivity contribution in [2.45, 2.75) is 57.5 Å². The number of hydrogen-bond donors (Lipinski definition) is 2. The SMILES string of the molecule is C[C@]12CCC3c4ccc(OS(N)(=O)=O)cc4CCC3[C@@]13C[C@H]3C[C@@H]2O. The lowest BCUT2D eigenvalue weighted by Gasteiger charge is -2.52. The molecule has 1 aromatic carbocycles. The van der Waals surface area contributed by atoms with E-state index in [2.05, 4.69) is 6.92 Å². The van der Waals surface area contributed by atoms with Gasteiger partial charge in [0.15, 0.2) is 0 Å². The van der Waals surface area contributed by atoms with Crippen LogP contribution in [-0.2, 0) is 16.7 Å². The molecule has 1 spiro atoms. The van der Waals surface area contributed by atoms with Gasteiger partial charge in [-0.15, -0.1) is 0 Å². The van der Waals surface area contributed by atoms with Crippen LogP contribution < -0.4 is 9.32 Å². The van der Waals surface area contributed by atoms with Crippen LogP contribution in [-0.4, -0.2) is 19.6 Å². The molecule has 3 N–H and O–H groups in total. The normalized spacial score (nSPS) is 44.3. The lowest BCUT2D eigenvalue weighted by Crippen LogP contribution is -2.47. The highest BCUT2D eigenvalue weighted by atomic mass is 32.2. The summed E-state index contributed by atoms with van der Waals surface area (Å²) in [6, 6.07) is 5.61. The Morgan fingerprint density at radius 1 is 1.32 bits per heavy atom. The highest BCUT2D eigenvalue weighted by Gasteiger charge is 2.76. The zero-order chi connectivity index (χ0) is 17.6. The molecule has 0 amide bonds. The molecule has 4 aliphatic rings. The molecule has 6 heteroatoms. The third-order valence-electron chi connectivity index (χ3n) is 8.03. The number of aliphatic hydroxyl groups is 1. The molecule has 2 unspecified atom stereocenters. The van der Waals surface area contributed by atoms with Gasteiger partial charge >= 0.3 is 10.3 Å². The standard InChI is InChI=1S/C19H25NO4S/c1-18-7-6-15-14-4-3-13(24-25(20,22)23)8-11(14)2-5-16(15)19(18)10-12(19)9-17(18)21/h3-4,8,12,15-17,21H,2,5-7,9-10H2,1H3,(H2,20,22,23)/t12-,15?,16?,17+,18-,19+/m1/s1. The van der Waals surface area contributed by atoms with Crippen LogP contribution in [0.4, 0.5) is 0 Å². The maximum atomic E-state index is 11.2. The molecule has 3 saturated carbocycles. The number of rotatable bonds is 2. The summed E-state index contributed by atoms with van der Waals surface area (Å²) in [5.41, 5.74) is 2.97. The molecule has 25 heavy (non-hydrogen) atoms. The number of fused-ring (bicyclic) bond motifs is 3. The van der Waals surface area contributed by atoms with Gasteiger partial charge in [0, 0.05) is 0 Å². The molecule has 5 nitrogen and oxygen atoms in total. The highest BCUT2D eigenvalue weighted by Crippen LogP contribution is 2.81. The third kappa shape index (κ3) is 2.04. The van der Waals surface area contributed by atoms with Crippen LogP contribution in [0.3, 0.4) is 0 Å². The second-order valence-corrected chi connectivity index (χ2v) is 9.99. The number of aryl methyl sites for hydroxylation is 1. The number of hydrogen-bond acceptors (Lipinski definition) is 4. The van der Waals surface area contributed by atoms with E-state index in [9.17, 15) is 13.5 Å². The van der Waals surface area contributed by atoms with Crippen molar-refractivity contribution in [1.29, 1.82) is 0 Å². The molecule has 5 rings (SSSR count). The van der Waals surface area contributed by atoms with Gasteiger partial charge in [-0.25, -0.2) is 0 Å². The summed E-state index contributed by atoms with van der Waals surface area (Å²) < 4.78 is 27.2. The zero-order valence-electron chi connectivity index (χ0n) is 14.4. The summed E-state index contributed by atoms with van der Waals surface area (Å²) in [6.45, 7) is 2.32. The van der Waals surface area contributed by atoms with Crippen LogP contribution in [0.5, 0.6) is 5.75 Å². The Hall–Kier alpha value is -1.11. The Kier molecular flexibility index (Phi) is 3.08. The van der Waals surface area contributed by atoms with Gasteiger partial charge < -0.3 is 9.29 Å². The van der Waals surface area contributed by atoms with E-state index in [1.807, 2.05) is 12.1 Å². The first-order valence-electron chi connectivity index (χ1n) is 9.28. The fourth-order valence-electron chi connectivity index (χ4n) is 6.96. The molecule has 6 atom stereocenters. The Labute approximate surface area is 148 Å². The summed E-state index contributed by atoms with van der Waals surface area (Å²) in [5, 5.41) is 15.6. The Bertz CT molecular complexity index is 853. The topological polar surface area (TPSA) is 89.6 Å². The Balaban J connectivity index is 1.50. The maximum Gasteiger partial charge on any atom is 0.380 e. The molecule has 0 heterocycles. The second-order valence-electron chi connectivity index (χ2n) is 8.84. The lowest BCUT2D eigenvalue weighted by atomic mass is 9.52. The molecule has 4 aliphatic carbocycles. The molecule has 0 aromatic heterocycles. The maximum absolute atomic E-state index is 11.2. The average Bonchev–Trinajstić information content (AvgIpc) is 3.18. The lowest BCUT2D eigenvalue weighted by molar-refractivity contribution is -0.0558. The molecule has 0 saturated heterocycles. The van der Waals surface area contributed by atoms with E-state index in [1.54, 1.807) is 6.07 Å². The van der Waals surface area contributed by atoms with Crippen molar-refractivity contribution in [3.8, 4) is 5.75 Å². The van der Waals surface area contributed by atoms with Gasteiger partial charge in [0.2, 0.25) is 0 Å². The first-order chi connectivity index (χ1) is 11.7. The van der Waals surface area contributed by atoms with Gasteiger partial charge in [-0.05, 0) is 90.4 Å². The summed E-state index contributed by atoms with van der Waals surface area (Å²) in [4.78, 5) is 0. The van der Waals surface area contributed by atoms with E-state index in [-0.39, 0.29) is 11.5 Å². The van der Waals surface area contributed by atoms with Gasteiger partial charge in [-0.2, -0.15) is 13.6 Å². The van der Waals surface area contributed by atoms with Crippen LogP contribution in [0.15, 0.2) is 18.2 Å². The summed E-state index contributed by atoms with van der Waals surface area (Å²) in [5.74, 6) is 2.17. The number of benzene rings is 1. The Morgan fingerprint density at radius 2 is 2.12 bits per heavy atom. The fraction of sp³-hybridized carbons (Fsp3) is 0.684. The van der Waals surface area contributed by atoms with Gasteiger partial charge in [-0.1, -0.05) is 13.0 Å². The smallest absolute Gasteiger partial charge is 0.380 e. The summed E-state index contributed by atoms with van der Waals surface area (Å²) >= 11 is 0. The van der Waals surface area contributed by atoms with Crippen molar-refractivity contribution in [2.24, 2.45) is 27.8 Å². The molecule has 0 bridgehead atoms. The summed E-state index contributed by atoms with van der Waals surface area (Å²) in [6.07, 6.45) is 6.38. The van der Waals surface area contributed by atoms with Crippen molar-refractivity contribution in [2.75, 3.05) is 0 Å². The molecular weight excluding hydrogens is 338 g/mol. The molecular formula is C19H25NO4S. The minimum atomic E-state index is -3.98. The minimum Gasteiger partial charge on any atom is -0.393 e.